The standard InChI is InChI=1S/C6H10S/c1-2-6-3-4-7-5-6/h3H,2,4-5H2,1H3. The SMILES string of the molecule is CCC1=CCSC1. The molecule has 1 heterocycles. The topological polar surface area (TPSA) is 0 Å². The molecule has 0 radical (unpaired) electrons. The first-order valence-corrected chi connectivity index (χ1v) is 3.84. The second kappa shape index (κ2) is 2.41. The van der Waals surface area contributed by atoms with Gasteiger partial charge in [-0.15, -0.1) is 0 Å². The molecule has 0 fully saturated rings. The van der Waals surface area contributed by atoms with E-state index in [0.29, 0.717) is 0 Å². The number of hydrogen-bond donors (Lipinski definition) is 0. The lowest BCUT2D eigenvalue weighted by atomic mass is 10.2. The fourth-order valence-corrected chi connectivity index (χ4v) is 1.73. The van der Waals surface area contributed by atoms with Crippen molar-refractivity contribution < 1.29 is 0 Å². The van der Waals surface area contributed by atoms with Crippen molar-refractivity contribution in [2.75, 3.05) is 11.5 Å². The Morgan fingerprint density at radius 2 is 2.71 bits per heavy atom. The highest BCUT2D eigenvalue weighted by atomic mass is 32.2. The molecule has 0 bridgehead atoms. The summed E-state index contributed by atoms with van der Waals surface area (Å²) in [6, 6.07) is 0. The van der Waals surface area contributed by atoms with Gasteiger partial charge >= 0.3 is 0 Å². The van der Waals surface area contributed by atoms with E-state index in [-0.39, 0.29) is 0 Å². The maximum atomic E-state index is 2.34. The monoisotopic (exact) mass is 114 g/mol. The normalized spacial score (nSPS) is 19.9. The van der Waals surface area contributed by atoms with Crippen molar-refractivity contribution in [2.24, 2.45) is 0 Å². The molecule has 0 spiro atoms. The predicted octanol–water partition coefficient (Wildman–Crippen LogP) is 2.07. The van der Waals surface area contributed by atoms with Gasteiger partial charge in [-0.25, -0.2) is 0 Å². The maximum Gasteiger partial charge on any atom is 0.0146 e. The van der Waals surface area contributed by atoms with Crippen LogP contribution in [-0.2, 0) is 0 Å². The average Bonchev–Trinajstić information content (AvgIpc) is 2.14. The molecule has 0 aromatic heterocycles. The van der Waals surface area contributed by atoms with Crippen LogP contribution >= 0.6 is 11.8 Å². The summed E-state index contributed by atoms with van der Waals surface area (Å²) in [6.07, 6.45) is 3.59. The number of hydrogen-bond acceptors (Lipinski definition) is 1. The van der Waals surface area contributed by atoms with Crippen LogP contribution < -0.4 is 0 Å². The van der Waals surface area contributed by atoms with Gasteiger partial charge in [-0.2, -0.15) is 11.8 Å². The fraction of sp³-hybridized carbons (Fsp3) is 0.667. The van der Waals surface area contributed by atoms with Crippen molar-refractivity contribution in [1.82, 2.24) is 0 Å². The zero-order valence-corrected chi connectivity index (χ0v) is 5.42. The highest BCUT2D eigenvalue weighted by Gasteiger charge is 1.99. The van der Waals surface area contributed by atoms with Crippen LogP contribution in [0.25, 0.3) is 0 Å². The smallest absolute Gasteiger partial charge is 0.0146 e. The Morgan fingerprint density at radius 1 is 1.86 bits per heavy atom. The average molecular weight is 114 g/mol. The van der Waals surface area contributed by atoms with Crippen LogP contribution in [0, 0.1) is 0 Å². The van der Waals surface area contributed by atoms with Crippen LogP contribution in [0.1, 0.15) is 13.3 Å². The quantitative estimate of drug-likeness (QED) is 0.470. The summed E-state index contributed by atoms with van der Waals surface area (Å²) < 4.78 is 0. The summed E-state index contributed by atoms with van der Waals surface area (Å²) in [7, 11) is 0. The van der Waals surface area contributed by atoms with Gasteiger partial charge in [-0.1, -0.05) is 18.6 Å². The van der Waals surface area contributed by atoms with Gasteiger partial charge in [0.05, 0.1) is 0 Å². The van der Waals surface area contributed by atoms with Gasteiger partial charge in [-0.3, -0.25) is 0 Å². The molecule has 0 N–H and O–H groups in total. The third kappa shape index (κ3) is 1.23. The van der Waals surface area contributed by atoms with E-state index >= 15 is 0 Å². The van der Waals surface area contributed by atoms with Crippen LogP contribution in [0.15, 0.2) is 11.6 Å². The van der Waals surface area contributed by atoms with Crippen LogP contribution in [0.2, 0.25) is 0 Å². The van der Waals surface area contributed by atoms with Crippen LogP contribution in [-0.4, -0.2) is 11.5 Å². The first-order valence-electron chi connectivity index (χ1n) is 2.69. The Labute approximate surface area is 49.0 Å². The molecule has 40 valence electrons. The van der Waals surface area contributed by atoms with E-state index in [0.717, 1.165) is 0 Å². The lowest BCUT2D eigenvalue weighted by Gasteiger charge is -1.88. The van der Waals surface area contributed by atoms with Gasteiger partial charge in [0.1, 0.15) is 0 Å². The molecule has 0 saturated heterocycles. The molecule has 0 unspecified atom stereocenters. The van der Waals surface area contributed by atoms with Crippen molar-refractivity contribution in [2.45, 2.75) is 13.3 Å². The summed E-state index contributed by atoms with van der Waals surface area (Å²) >= 11 is 2.01. The lowest BCUT2D eigenvalue weighted by molar-refractivity contribution is 1.11. The first kappa shape index (κ1) is 5.23. The van der Waals surface area contributed by atoms with Gasteiger partial charge in [0, 0.05) is 11.5 Å². The van der Waals surface area contributed by atoms with E-state index in [4.69, 9.17) is 0 Å². The Hall–Kier alpha value is 0.0900. The summed E-state index contributed by atoms with van der Waals surface area (Å²) in [5.74, 6) is 2.54. The predicted molar refractivity (Wildman–Crippen MR) is 35.7 cm³/mol. The van der Waals surface area contributed by atoms with Crippen LogP contribution in [0.3, 0.4) is 0 Å². The van der Waals surface area contributed by atoms with E-state index in [2.05, 4.69) is 13.0 Å². The molecule has 0 atom stereocenters. The maximum absolute atomic E-state index is 2.34. The lowest BCUT2D eigenvalue weighted by Crippen LogP contribution is -1.74. The summed E-state index contributed by atoms with van der Waals surface area (Å²) in [5.41, 5.74) is 1.63. The minimum Gasteiger partial charge on any atom is -0.153 e. The van der Waals surface area contributed by atoms with E-state index in [1.807, 2.05) is 11.8 Å². The molecule has 0 amide bonds. The Kier molecular flexibility index (Phi) is 1.80. The summed E-state index contributed by atoms with van der Waals surface area (Å²) in [5, 5.41) is 0. The molecule has 7 heavy (non-hydrogen) atoms. The highest BCUT2D eigenvalue weighted by Crippen LogP contribution is 2.18. The van der Waals surface area contributed by atoms with E-state index in [1.165, 1.54) is 17.9 Å². The molecule has 0 nitrogen and oxygen atoms in total. The molecule has 0 aromatic rings. The summed E-state index contributed by atoms with van der Waals surface area (Å²) in [6.45, 7) is 2.22. The third-order valence-corrected chi connectivity index (χ3v) is 2.21. The number of rotatable bonds is 1. The molecular formula is C6H10S. The van der Waals surface area contributed by atoms with Gasteiger partial charge < -0.3 is 0 Å². The third-order valence-electron chi connectivity index (χ3n) is 1.23. The first-order chi connectivity index (χ1) is 3.43. The van der Waals surface area contributed by atoms with Crippen molar-refractivity contribution in [3.05, 3.63) is 11.6 Å². The molecule has 0 aromatic carbocycles. The number of thioether (sulfide) groups is 1. The molecule has 1 rings (SSSR count). The highest BCUT2D eigenvalue weighted by molar-refractivity contribution is 7.99. The fourth-order valence-electron chi connectivity index (χ4n) is 0.672. The minimum atomic E-state index is 1.25. The largest absolute Gasteiger partial charge is 0.153 e. The van der Waals surface area contributed by atoms with Crippen molar-refractivity contribution in [3.8, 4) is 0 Å². The Balaban J connectivity index is 2.36. The Morgan fingerprint density at radius 3 is 3.00 bits per heavy atom. The summed E-state index contributed by atoms with van der Waals surface area (Å²) in [4.78, 5) is 0. The van der Waals surface area contributed by atoms with Crippen molar-refractivity contribution in [1.29, 1.82) is 0 Å². The zero-order chi connectivity index (χ0) is 5.11. The zero-order valence-electron chi connectivity index (χ0n) is 4.61. The van der Waals surface area contributed by atoms with Gasteiger partial charge in [0.2, 0.25) is 0 Å². The van der Waals surface area contributed by atoms with E-state index < -0.39 is 0 Å². The van der Waals surface area contributed by atoms with Crippen LogP contribution in [0.5, 0.6) is 0 Å². The van der Waals surface area contributed by atoms with E-state index in [9.17, 15) is 0 Å². The molecule has 0 saturated carbocycles. The molecule has 1 heteroatoms. The molecule has 1 aliphatic heterocycles. The second-order valence-corrected chi connectivity index (χ2v) is 2.76. The molecular weight excluding hydrogens is 104 g/mol. The van der Waals surface area contributed by atoms with Crippen molar-refractivity contribution in [3.63, 3.8) is 0 Å². The molecule has 0 aliphatic carbocycles. The minimum absolute atomic E-state index is 1.25. The van der Waals surface area contributed by atoms with Gasteiger partial charge in [-0.05, 0) is 6.42 Å². The Bertz CT molecular complexity index is 84.2. The van der Waals surface area contributed by atoms with Gasteiger partial charge in [0.15, 0.2) is 0 Å². The van der Waals surface area contributed by atoms with Gasteiger partial charge in [0.25, 0.3) is 0 Å². The van der Waals surface area contributed by atoms with Crippen LogP contribution in [0.4, 0.5) is 0 Å². The molecule has 1 aliphatic rings. The van der Waals surface area contributed by atoms with E-state index in [1.54, 1.807) is 5.57 Å². The second-order valence-electron chi connectivity index (χ2n) is 1.73. The van der Waals surface area contributed by atoms with Crippen molar-refractivity contribution >= 4 is 11.8 Å².